The van der Waals surface area contributed by atoms with Crippen LogP contribution in [0.2, 0.25) is 0 Å². The number of allylic oxidation sites excluding steroid dienone is 1. The number of rotatable bonds is 13. The number of H-pyrrole nitrogens is 1. The number of amides is 3. The fourth-order valence-corrected chi connectivity index (χ4v) is 3.00. The average Bonchev–Trinajstić information content (AvgIpc) is 3.21. The molecule has 34 heavy (non-hydrogen) atoms. The Balaban J connectivity index is 0.00000343. The maximum Gasteiger partial charge on any atom is 0.268 e. The Morgan fingerprint density at radius 3 is 2.21 bits per heavy atom. The molecule has 9 heteroatoms. The number of ether oxygens (including phenoxy) is 2. The first kappa shape index (κ1) is 31.4. The smallest absolute Gasteiger partial charge is 0.268 e. The van der Waals surface area contributed by atoms with Crippen molar-refractivity contribution in [1.82, 2.24) is 20.9 Å². The third-order valence-electron chi connectivity index (χ3n) is 4.64. The third-order valence-corrected chi connectivity index (χ3v) is 4.64. The van der Waals surface area contributed by atoms with Crippen LogP contribution in [0.4, 0.5) is 0 Å². The number of carbonyl (C=O) groups is 3. The van der Waals surface area contributed by atoms with E-state index in [4.69, 9.17) is 9.47 Å². The lowest BCUT2D eigenvalue weighted by molar-refractivity contribution is -0.130. The molecule has 194 valence electrons. The average molecular weight is 481 g/mol. The standard InChI is InChI=1S/C22H36N4O5.C3H8/c1-7-9-16-15(8-2)11-18(25-16)22(29)26-17(10-14(3)4)21(28)24-12-19(27)23-13-20(30-5)31-6;1-3-2/h7,9,11,14,17,20,25H,8,10,12-13H2,1-6H3,(H,23,27)(H,24,28)(H,26,29);3H2,1-2H3/b9-7-;. The van der Waals surface area contributed by atoms with Crippen LogP contribution in [0, 0.1) is 5.92 Å². The predicted octanol–water partition coefficient (Wildman–Crippen LogP) is 3.02. The number of aryl methyl sites for hydroxylation is 1. The van der Waals surface area contributed by atoms with Crippen LogP contribution in [-0.4, -0.2) is 62.3 Å². The van der Waals surface area contributed by atoms with Crippen molar-refractivity contribution in [3.05, 3.63) is 29.1 Å². The molecule has 0 aliphatic heterocycles. The maximum atomic E-state index is 12.8. The summed E-state index contributed by atoms with van der Waals surface area (Å²) in [5, 5.41) is 7.98. The summed E-state index contributed by atoms with van der Waals surface area (Å²) in [5.41, 5.74) is 2.30. The molecular formula is C25H44N4O5. The van der Waals surface area contributed by atoms with Gasteiger partial charge in [0.1, 0.15) is 11.7 Å². The molecule has 3 amide bonds. The molecule has 1 aromatic heterocycles. The quantitative estimate of drug-likeness (QED) is 0.323. The molecule has 4 N–H and O–H groups in total. The van der Waals surface area contributed by atoms with Gasteiger partial charge in [-0.3, -0.25) is 14.4 Å². The molecule has 1 atom stereocenters. The minimum atomic E-state index is -0.760. The number of carbonyl (C=O) groups excluding carboxylic acids is 3. The number of aromatic nitrogens is 1. The van der Waals surface area contributed by atoms with E-state index in [0.717, 1.165) is 17.7 Å². The van der Waals surface area contributed by atoms with Crippen molar-refractivity contribution in [2.45, 2.75) is 73.1 Å². The lowest BCUT2D eigenvalue weighted by Crippen LogP contribution is -2.50. The van der Waals surface area contributed by atoms with Crippen molar-refractivity contribution >= 4 is 23.8 Å². The van der Waals surface area contributed by atoms with Gasteiger partial charge in [-0.15, -0.1) is 0 Å². The van der Waals surface area contributed by atoms with Gasteiger partial charge < -0.3 is 30.4 Å². The van der Waals surface area contributed by atoms with E-state index >= 15 is 0 Å². The van der Waals surface area contributed by atoms with Crippen molar-refractivity contribution in [1.29, 1.82) is 0 Å². The Bertz CT molecular complexity index is 769. The molecular weight excluding hydrogens is 436 g/mol. The first-order valence-electron chi connectivity index (χ1n) is 11.9. The molecule has 1 rings (SSSR count). The number of nitrogens with one attached hydrogen (secondary N) is 4. The molecule has 9 nitrogen and oxygen atoms in total. The lowest BCUT2D eigenvalue weighted by atomic mass is 10.0. The normalized spacial score (nSPS) is 11.8. The van der Waals surface area contributed by atoms with Crippen molar-refractivity contribution in [2.75, 3.05) is 27.3 Å². The van der Waals surface area contributed by atoms with E-state index in [2.05, 4.69) is 34.8 Å². The number of methoxy groups -OCH3 is 2. The zero-order chi connectivity index (χ0) is 26.1. The van der Waals surface area contributed by atoms with E-state index in [1.807, 2.05) is 39.8 Å². The van der Waals surface area contributed by atoms with E-state index in [9.17, 15) is 14.4 Å². The van der Waals surface area contributed by atoms with Gasteiger partial charge in [0.25, 0.3) is 5.91 Å². The molecule has 0 bridgehead atoms. The van der Waals surface area contributed by atoms with E-state index in [1.165, 1.54) is 20.6 Å². The summed E-state index contributed by atoms with van der Waals surface area (Å²) in [6.45, 7) is 12.0. The Labute approximate surface area is 204 Å². The van der Waals surface area contributed by atoms with Crippen molar-refractivity contribution in [3.8, 4) is 0 Å². The fourth-order valence-electron chi connectivity index (χ4n) is 3.00. The molecule has 1 heterocycles. The van der Waals surface area contributed by atoms with E-state index in [1.54, 1.807) is 6.07 Å². The summed E-state index contributed by atoms with van der Waals surface area (Å²) < 4.78 is 10.00. The highest BCUT2D eigenvalue weighted by Gasteiger charge is 2.24. The van der Waals surface area contributed by atoms with Crippen LogP contribution in [0.3, 0.4) is 0 Å². The maximum absolute atomic E-state index is 12.8. The number of hydrogen-bond acceptors (Lipinski definition) is 5. The van der Waals surface area contributed by atoms with Crippen LogP contribution in [0.25, 0.3) is 6.08 Å². The van der Waals surface area contributed by atoms with Gasteiger partial charge in [0.05, 0.1) is 13.1 Å². The van der Waals surface area contributed by atoms with Crippen molar-refractivity contribution < 1.29 is 23.9 Å². The highest BCUT2D eigenvalue weighted by atomic mass is 16.7. The Morgan fingerprint density at radius 1 is 1.09 bits per heavy atom. The highest BCUT2D eigenvalue weighted by molar-refractivity contribution is 5.97. The van der Waals surface area contributed by atoms with Crippen LogP contribution < -0.4 is 16.0 Å². The second-order valence-electron chi connectivity index (χ2n) is 8.26. The molecule has 0 fully saturated rings. The van der Waals surface area contributed by atoms with E-state index < -0.39 is 18.2 Å². The molecule has 0 spiro atoms. The summed E-state index contributed by atoms with van der Waals surface area (Å²) in [5.74, 6) is -0.987. The summed E-state index contributed by atoms with van der Waals surface area (Å²) >= 11 is 0. The zero-order valence-corrected chi connectivity index (χ0v) is 22.0. The van der Waals surface area contributed by atoms with Gasteiger partial charge in [0.2, 0.25) is 11.8 Å². The number of aromatic amines is 1. The second kappa shape index (κ2) is 17.8. The van der Waals surface area contributed by atoms with Gasteiger partial charge >= 0.3 is 0 Å². The van der Waals surface area contributed by atoms with Crippen molar-refractivity contribution in [3.63, 3.8) is 0 Å². The second-order valence-corrected chi connectivity index (χ2v) is 8.26. The van der Waals surface area contributed by atoms with Gasteiger partial charge in [-0.1, -0.05) is 47.1 Å². The third kappa shape index (κ3) is 12.0. The molecule has 0 saturated heterocycles. The van der Waals surface area contributed by atoms with Crippen LogP contribution in [-0.2, 0) is 25.5 Å². The zero-order valence-electron chi connectivity index (χ0n) is 22.0. The van der Waals surface area contributed by atoms with Gasteiger partial charge in [0.15, 0.2) is 6.29 Å². The summed E-state index contributed by atoms with van der Waals surface area (Å²) in [6, 6.07) is 1.04. The minimum Gasteiger partial charge on any atom is -0.354 e. The fraction of sp³-hybridized carbons (Fsp3) is 0.640. The van der Waals surface area contributed by atoms with Gasteiger partial charge in [-0.2, -0.15) is 0 Å². The van der Waals surface area contributed by atoms with Gasteiger partial charge in [0, 0.05) is 19.9 Å². The van der Waals surface area contributed by atoms with E-state index in [-0.39, 0.29) is 30.8 Å². The Morgan fingerprint density at radius 2 is 1.71 bits per heavy atom. The summed E-state index contributed by atoms with van der Waals surface area (Å²) in [6.07, 6.45) is 5.71. The topological polar surface area (TPSA) is 122 Å². The van der Waals surface area contributed by atoms with Gasteiger partial charge in [-0.05, 0) is 43.4 Å². The predicted molar refractivity (Wildman–Crippen MR) is 135 cm³/mol. The summed E-state index contributed by atoms with van der Waals surface area (Å²) in [4.78, 5) is 40.5. The molecule has 0 aromatic carbocycles. The van der Waals surface area contributed by atoms with Gasteiger partial charge in [-0.25, -0.2) is 0 Å². The van der Waals surface area contributed by atoms with Crippen LogP contribution in [0.15, 0.2) is 12.1 Å². The Hall–Kier alpha value is -2.65. The lowest BCUT2D eigenvalue weighted by Gasteiger charge is -2.20. The monoisotopic (exact) mass is 480 g/mol. The van der Waals surface area contributed by atoms with Crippen LogP contribution in [0.5, 0.6) is 0 Å². The molecule has 1 unspecified atom stereocenters. The SMILES string of the molecule is C/C=C\c1[nH]c(C(=O)NC(CC(C)C)C(=O)NCC(=O)NCC(OC)OC)cc1CC.CCC. The molecule has 0 saturated carbocycles. The number of hydrogen-bond donors (Lipinski definition) is 4. The Kier molecular flexibility index (Phi) is 16.4. The molecule has 0 radical (unpaired) electrons. The first-order valence-corrected chi connectivity index (χ1v) is 11.9. The molecule has 0 aliphatic carbocycles. The van der Waals surface area contributed by atoms with Crippen LogP contribution in [0.1, 0.15) is 76.1 Å². The highest BCUT2D eigenvalue weighted by Crippen LogP contribution is 2.14. The summed E-state index contributed by atoms with van der Waals surface area (Å²) in [7, 11) is 2.94. The van der Waals surface area contributed by atoms with E-state index in [0.29, 0.717) is 12.1 Å². The first-order chi connectivity index (χ1) is 16.2. The minimum absolute atomic E-state index is 0.162. The largest absolute Gasteiger partial charge is 0.354 e. The molecule has 1 aromatic rings. The molecule has 0 aliphatic rings. The van der Waals surface area contributed by atoms with Crippen LogP contribution >= 0.6 is 0 Å². The van der Waals surface area contributed by atoms with Crippen molar-refractivity contribution in [2.24, 2.45) is 5.92 Å².